The van der Waals surface area contributed by atoms with Crippen molar-refractivity contribution in [1.82, 2.24) is 4.90 Å². The average molecular weight is 435 g/mol. The monoisotopic (exact) mass is 434 g/mol. The van der Waals surface area contributed by atoms with Gasteiger partial charge in [-0.05, 0) is 56.7 Å². The van der Waals surface area contributed by atoms with E-state index in [-0.39, 0.29) is 6.10 Å². The average Bonchev–Trinajstić information content (AvgIpc) is 2.63. The maximum Gasteiger partial charge on any atom is 0.264 e. The third kappa shape index (κ3) is 6.23. The van der Waals surface area contributed by atoms with Gasteiger partial charge in [-0.1, -0.05) is 29.3 Å². The van der Waals surface area contributed by atoms with Crippen LogP contribution < -0.4 is 4.90 Å². The molecule has 1 aromatic rings. The lowest BCUT2D eigenvalue weighted by atomic mass is 9.85. The van der Waals surface area contributed by atoms with E-state index < -0.39 is 10.1 Å². The molecule has 0 amide bonds. The van der Waals surface area contributed by atoms with Gasteiger partial charge in [0, 0.05) is 26.2 Å². The van der Waals surface area contributed by atoms with E-state index in [1.165, 1.54) is 6.42 Å². The molecule has 2 aliphatic rings. The fourth-order valence-corrected chi connectivity index (χ4v) is 5.18. The third-order valence-corrected chi connectivity index (χ3v) is 7.03. The van der Waals surface area contributed by atoms with Crippen molar-refractivity contribution in [2.75, 3.05) is 43.9 Å². The third-order valence-electron chi connectivity index (χ3n) is 5.60. The summed E-state index contributed by atoms with van der Waals surface area (Å²) in [5.74, 6) is 0.671. The second kappa shape index (κ2) is 9.31. The summed E-state index contributed by atoms with van der Waals surface area (Å²) in [5, 5.41) is 1.24. The Morgan fingerprint density at radius 3 is 2.37 bits per heavy atom. The number of hydrogen-bond acceptors (Lipinski definition) is 5. The fourth-order valence-electron chi connectivity index (χ4n) is 4.08. The van der Waals surface area contributed by atoms with Crippen molar-refractivity contribution in [3.63, 3.8) is 0 Å². The highest BCUT2D eigenvalue weighted by Crippen LogP contribution is 2.33. The summed E-state index contributed by atoms with van der Waals surface area (Å²) in [5.41, 5.74) is 1.02. The van der Waals surface area contributed by atoms with Crippen LogP contribution in [0, 0.1) is 5.92 Å². The van der Waals surface area contributed by atoms with E-state index in [0.29, 0.717) is 16.0 Å². The summed E-state index contributed by atoms with van der Waals surface area (Å²) in [7, 11) is -3.34. The van der Waals surface area contributed by atoms with Gasteiger partial charge in [-0.15, -0.1) is 0 Å². The van der Waals surface area contributed by atoms with Crippen LogP contribution in [0.3, 0.4) is 0 Å². The van der Waals surface area contributed by atoms with E-state index in [1.807, 2.05) is 18.2 Å². The Labute approximate surface area is 172 Å². The van der Waals surface area contributed by atoms with Crippen LogP contribution in [-0.2, 0) is 14.3 Å². The van der Waals surface area contributed by atoms with Gasteiger partial charge in [-0.3, -0.25) is 9.08 Å². The molecule has 1 heterocycles. The van der Waals surface area contributed by atoms with Gasteiger partial charge in [-0.2, -0.15) is 8.42 Å². The lowest BCUT2D eigenvalue weighted by Gasteiger charge is -2.37. The van der Waals surface area contributed by atoms with Crippen LogP contribution >= 0.6 is 23.2 Å². The predicted molar refractivity (Wildman–Crippen MR) is 111 cm³/mol. The van der Waals surface area contributed by atoms with Gasteiger partial charge in [-0.25, -0.2) is 0 Å². The SMILES string of the molecule is CS(=O)(=O)OC1CCC(CCN2CCN(c3cccc(Cl)c3Cl)CC2)CC1. The van der Waals surface area contributed by atoms with E-state index in [1.54, 1.807) is 0 Å². The molecule has 1 aliphatic heterocycles. The lowest BCUT2D eigenvalue weighted by molar-refractivity contribution is 0.128. The molecule has 1 aromatic carbocycles. The quantitative estimate of drug-likeness (QED) is 0.632. The van der Waals surface area contributed by atoms with Crippen molar-refractivity contribution in [3.05, 3.63) is 28.2 Å². The zero-order chi connectivity index (χ0) is 19.4. The molecule has 8 heteroatoms. The Hall–Kier alpha value is -0.530. The Morgan fingerprint density at radius 2 is 1.74 bits per heavy atom. The van der Waals surface area contributed by atoms with Crippen LogP contribution in [0.15, 0.2) is 18.2 Å². The maximum absolute atomic E-state index is 11.2. The number of halogens is 2. The first-order chi connectivity index (χ1) is 12.8. The Balaban J connectivity index is 1.39. The first-order valence-electron chi connectivity index (χ1n) is 9.61. The summed E-state index contributed by atoms with van der Waals surface area (Å²) in [4.78, 5) is 4.81. The van der Waals surface area contributed by atoms with Gasteiger partial charge in [0.15, 0.2) is 0 Å². The summed E-state index contributed by atoms with van der Waals surface area (Å²) in [6.07, 6.45) is 5.98. The molecule has 152 valence electrons. The molecule has 27 heavy (non-hydrogen) atoms. The minimum Gasteiger partial charge on any atom is -0.368 e. The first kappa shape index (κ1) is 21.2. The molecule has 1 saturated heterocycles. The minimum absolute atomic E-state index is 0.123. The second-order valence-corrected chi connectivity index (χ2v) is 10.0. The summed E-state index contributed by atoms with van der Waals surface area (Å²) in [6.45, 7) is 5.05. The van der Waals surface area contributed by atoms with E-state index in [0.717, 1.165) is 70.4 Å². The Morgan fingerprint density at radius 1 is 1.07 bits per heavy atom. The molecular weight excluding hydrogens is 407 g/mol. The van der Waals surface area contributed by atoms with Crippen molar-refractivity contribution < 1.29 is 12.6 Å². The molecular formula is C19H28Cl2N2O3S. The van der Waals surface area contributed by atoms with Crippen LogP contribution in [0.1, 0.15) is 32.1 Å². The summed E-state index contributed by atoms with van der Waals surface area (Å²) < 4.78 is 27.6. The highest BCUT2D eigenvalue weighted by Gasteiger charge is 2.25. The minimum atomic E-state index is -3.34. The van der Waals surface area contributed by atoms with Crippen LogP contribution in [-0.4, -0.2) is 58.4 Å². The number of nitrogens with zero attached hydrogens (tertiary/aromatic N) is 2. The van der Waals surface area contributed by atoms with Crippen LogP contribution in [0.4, 0.5) is 5.69 Å². The molecule has 0 unspecified atom stereocenters. The van der Waals surface area contributed by atoms with Crippen molar-refractivity contribution in [2.45, 2.75) is 38.2 Å². The number of piperazine rings is 1. The number of benzene rings is 1. The maximum atomic E-state index is 11.2. The predicted octanol–water partition coefficient (Wildman–Crippen LogP) is 4.04. The van der Waals surface area contributed by atoms with Crippen molar-refractivity contribution in [3.8, 4) is 0 Å². The van der Waals surface area contributed by atoms with Gasteiger partial charge in [0.2, 0.25) is 0 Å². The van der Waals surface area contributed by atoms with Gasteiger partial charge in [0.25, 0.3) is 10.1 Å². The summed E-state index contributed by atoms with van der Waals surface area (Å²) >= 11 is 12.5. The molecule has 3 rings (SSSR count). The highest BCUT2D eigenvalue weighted by atomic mass is 35.5. The zero-order valence-corrected chi connectivity index (χ0v) is 18.1. The molecule has 1 aliphatic carbocycles. The highest BCUT2D eigenvalue weighted by molar-refractivity contribution is 7.86. The van der Waals surface area contributed by atoms with Crippen molar-refractivity contribution in [2.24, 2.45) is 5.92 Å². The Kier molecular flexibility index (Phi) is 7.31. The molecule has 0 bridgehead atoms. The van der Waals surface area contributed by atoms with Gasteiger partial charge >= 0.3 is 0 Å². The van der Waals surface area contributed by atoms with E-state index in [9.17, 15) is 8.42 Å². The standard InChI is InChI=1S/C19H28Cl2N2O3S/c1-27(24,25)26-16-7-5-15(6-8-16)9-10-22-11-13-23(14-12-22)18-4-2-3-17(20)19(18)21/h2-4,15-16H,5-14H2,1H3. The molecule has 5 nitrogen and oxygen atoms in total. The fraction of sp³-hybridized carbons (Fsp3) is 0.684. The van der Waals surface area contributed by atoms with Crippen LogP contribution in [0.2, 0.25) is 10.0 Å². The molecule has 1 saturated carbocycles. The number of anilines is 1. The second-order valence-electron chi connectivity index (χ2n) is 7.63. The normalized spacial score (nSPS) is 24.9. The van der Waals surface area contributed by atoms with Gasteiger partial charge < -0.3 is 4.90 Å². The van der Waals surface area contributed by atoms with Crippen molar-refractivity contribution >= 4 is 39.0 Å². The van der Waals surface area contributed by atoms with E-state index in [2.05, 4.69) is 9.80 Å². The molecule has 0 aromatic heterocycles. The first-order valence-corrected chi connectivity index (χ1v) is 12.2. The summed E-state index contributed by atoms with van der Waals surface area (Å²) in [6, 6.07) is 5.79. The topological polar surface area (TPSA) is 49.9 Å². The molecule has 0 spiro atoms. The number of rotatable bonds is 6. The largest absolute Gasteiger partial charge is 0.368 e. The van der Waals surface area contributed by atoms with Crippen LogP contribution in [0.5, 0.6) is 0 Å². The smallest absolute Gasteiger partial charge is 0.264 e. The van der Waals surface area contributed by atoms with Gasteiger partial charge in [0.1, 0.15) is 0 Å². The molecule has 0 radical (unpaired) electrons. The lowest BCUT2D eigenvalue weighted by Crippen LogP contribution is -2.47. The van der Waals surface area contributed by atoms with Gasteiger partial charge in [0.05, 0.1) is 28.1 Å². The molecule has 0 N–H and O–H groups in total. The van der Waals surface area contributed by atoms with E-state index in [4.69, 9.17) is 27.4 Å². The van der Waals surface area contributed by atoms with E-state index >= 15 is 0 Å². The zero-order valence-electron chi connectivity index (χ0n) is 15.7. The number of hydrogen-bond donors (Lipinski definition) is 0. The molecule has 0 atom stereocenters. The molecule has 2 fully saturated rings. The van der Waals surface area contributed by atoms with Crippen molar-refractivity contribution in [1.29, 1.82) is 0 Å². The van der Waals surface area contributed by atoms with Crippen LogP contribution in [0.25, 0.3) is 0 Å². The Bertz CT molecular complexity index is 728.